The third-order valence-electron chi connectivity index (χ3n) is 5.95. The van der Waals surface area contributed by atoms with Crippen LogP contribution in [0.25, 0.3) is 11.3 Å². The van der Waals surface area contributed by atoms with E-state index in [9.17, 15) is 5.11 Å². The van der Waals surface area contributed by atoms with Crippen molar-refractivity contribution in [3.05, 3.63) is 71.9 Å². The number of nitrogens with zero attached hydrogens (tertiary/aromatic N) is 3. The molecule has 0 amide bonds. The van der Waals surface area contributed by atoms with Gasteiger partial charge in [-0.25, -0.2) is 0 Å². The van der Waals surface area contributed by atoms with E-state index in [0.29, 0.717) is 12.6 Å². The zero-order valence-corrected chi connectivity index (χ0v) is 18.2. The average Bonchev–Trinajstić information content (AvgIpc) is 3.26. The van der Waals surface area contributed by atoms with Gasteiger partial charge in [-0.2, -0.15) is 5.10 Å². The second-order valence-corrected chi connectivity index (χ2v) is 8.08. The van der Waals surface area contributed by atoms with E-state index in [4.69, 9.17) is 4.74 Å². The number of nitrogens with one attached hydrogen (secondary N) is 1. The van der Waals surface area contributed by atoms with Crippen molar-refractivity contribution < 1.29 is 9.84 Å². The lowest BCUT2D eigenvalue weighted by Gasteiger charge is -2.41. The smallest absolute Gasteiger partial charge is 0.119 e. The van der Waals surface area contributed by atoms with Crippen LogP contribution in [0.2, 0.25) is 0 Å². The number of ether oxygens (including phenoxy) is 1. The van der Waals surface area contributed by atoms with Crippen LogP contribution in [0, 0.1) is 0 Å². The quantitative estimate of drug-likeness (QED) is 0.554. The van der Waals surface area contributed by atoms with Gasteiger partial charge in [0, 0.05) is 50.9 Å². The molecule has 1 unspecified atom stereocenters. The molecule has 164 valence electrons. The largest absolute Gasteiger partial charge is 0.494 e. The van der Waals surface area contributed by atoms with E-state index in [2.05, 4.69) is 56.4 Å². The molecule has 1 saturated heterocycles. The van der Waals surface area contributed by atoms with Crippen molar-refractivity contribution in [3.63, 3.8) is 0 Å². The number of aromatic nitrogens is 2. The van der Waals surface area contributed by atoms with Crippen molar-refractivity contribution in [2.45, 2.75) is 32.5 Å². The molecule has 0 bridgehead atoms. The highest BCUT2D eigenvalue weighted by Gasteiger charge is 2.27. The maximum atomic E-state index is 9.66. The number of hydrogen-bond donors (Lipinski definition) is 2. The zero-order chi connectivity index (χ0) is 21.5. The van der Waals surface area contributed by atoms with Crippen molar-refractivity contribution in [2.24, 2.45) is 0 Å². The monoisotopic (exact) mass is 420 g/mol. The first-order chi connectivity index (χ1) is 15.3. The van der Waals surface area contributed by atoms with Crippen LogP contribution in [0.5, 0.6) is 5.75 Å². The lowest BCUT2D eigenvalue weighted by Crippen LogP contribution is -2.52. The molecule has 1 aromatic heterocycles. The van der Waals surface area contributed by atoms with Crippen LogP contribution in [-0.4, -0.2) is 64.0 Å². The van der Waals surface area contributed by atoms with Gasteiger partial charge in [0.1, 0.15) is 5.75 Å². The molecule has 6 nitrogen and oxygen atoms in total. The summed E-state index contributed by atoms with van der Waals surface area (Å²) in [6.07, 6.45) is 2.72. The molecule has 1 atom stereocenters. The van der Waals surface area contributed by atoms with Crippen molar-refractivity contribution >= 4 is 0 Å². The summed E-state index contributed by atoms with van der Waals surface area (Å²) in [5, 5.41) is 17.1. The predicted octanol–water partition coefficient (Wildman–Crippen LogP) is 3.54. The summed E-state index contributed by atoms with van der Waals surface area (Å²) in [5.41, 5.74) is 4.75. The minimum atomic E-state index is 0.208. The molecule has 0 radical (unpaired) electrons. The topological polar surface area (TPSA) is 64.6 Å². The number of H-pyrrole nitrogens is 1. The SMILES string of the molecule is CCOc1ccc(CN2CCN(Cc3cn[nH]c3-c3ccccc3)CC2CCO)cc1. The Morgan fingerprint density at radius 3 is 2.61 bits per heavy atom. The summed E-state index contributed by atoms with van der Waals surface area (Å²) in [4.78, 5) is 4.97. The summed E-state index contributed by atoms with van der Waals surface area (Å²) in [7, 11) is 0. The minimum absolute atomic E-state index is 0.208. The normalized spacial score (nSPS) is 17.7. The maximum absolute atomic E-state index is 9.66. The molecule has 0 saturated carbocycles. The highest BCUT2D eigenvalue weighted by Crippen LogP contribution is 2.24. The summed E-state index contributed by atoms with van der Waals surface area (Å²) in [6.45, 7) is 7.57. The van der Waals surface area contributed by atoms with Gasteiger partial charge in [0.05, 0.1) is 18.5 Å². The molecule has 1 aliphatic rings. The number of aliphatic hydroxyl groups excluding tert-OH is 1. The molecule has 0 aliphatic carbocycles. The molecular weight excluding hydrogens is 388 g/mol. The van der Waals surface area contributed by atoms with Gasteiger partial charge in [0.15, 0.2) is 0 Å². The van der Waals surface area contributed by atoms with E-state index in [0.717, 1.165) is 56.2 Å². The van der Waals surface area contributed by atoms with E-state index < -0.39 is 0 Å². The number of piperazine rings is 1. The number of aromatic amines is 1. The van der Waals surface area contributed by atoms with Crippen LogP contribution in [0.1, 0.15) is 24.5 Å². The molecular formula is C25H32N4O2. The van der Waals surface area contributed by atoms with Crippen LogP contribution in [-0.2, 0) is 13.1 Å². The molecule has 1 fully saturated rings. The first-order valence-electron chi connectivity index (χ1n) is 11.1. The van der Waals surface area contributed by atoms with Gasteiger partial charge in [0.2, 0.25) is 0 Å². The first-order valence-corrected chi connectivity index (χ1v) is 11.1. The standard InChI is InChI=1S/C25H32N4O2/c1-2-31-24-10-8-20(9-11-24)17-29-14-13-28(19-23(29)12-15-30)18-22-16-26-27-25(22)21-6-4-3-5-7-21/h3-11,16,23,30H,2,12-15,17-19H2,1H3,(H,26,27). The Balaban J connectivity index is 1.40. The Kier molecular flexibility index (Phi) is 7.35. The van der Waals surface area contributed by atoms with E-state index in [1.807, 2.05) is 31.3 Å². The highest BCUT2D eigenvalue weighted by atomic mass is 16.5. The molecule has 0 spiro atoms. The van der Waals surface area contributed by atoms with Gasteiger partial charge in [-0.3, -0.25) is 14.9 Å². The van der Waals surface area contributed by atoms with Crippen molar-refractivity contribution in [1.82, 2.24) is 20.0 Å². The van der Waals surface area contributed by atoms with Gasteiger partial charge in [-0.1, -0.05) is 42.5 Å². The van der Waals surface area contributed by atoms with Crippen LogP contribution < -0.4 is 4.74 Å². The van der Waals surface area contributed by atoms with Crippen LogP contribution in [0.4, 0.5) is 0 Å². The summed E-state index contributed by atoms with van der Waals surface area (Å²) in [6, 6.07) is 19.1. The average molecular weight is 421 g/mol. The Labute approximate surface area is 184 Å². The number of hydrogen-bond acceptors (Lipinski definition) is 5. The van der Waals surface area contributed by atoms with Gasteiger partial charge in [-0.15, -0.1) is 0 Å². The molecule has 2 aromatic carbocycles. The van der Waals surface area contributed by atoms with Crippen LogP contribution in [0.3, 0.4) is 0 Å². The fraction of sp³-hybridized carbons (Fsp3) is 0.400. The summed E-state index contributed by atoms with van der Waals surface area (Å²) < 4.78 is 5.56. The molecule has 2 N–H and O–H groups in total. The third kappa shape index (κ3) is 5.53. The molecule has 1 aliphatic heterocycles. The van der Waals surface area contributed by atoms with E-state index in [-0.39, 0.29) is 6.61 Å². The third-order valence-corrected chi connectivity index (χ3v) is 5.95. The number of rotatable bonds is 9. The van der Waals surface area contributed by atoms with Gasteiger partial charge in [-0.05, 0) is 36.6 Å². The zero-order valence-electron chi connectivity index (χ0n) is 18.2. The number of aliphatic hydroxyl groups is 1. The fourth-order valence-electron chi connectivity index (χ4n) is 4.35. The van der Waals surface area contributed by atoms with Gasteiger partial charge < -0.3 is 9.84 Å². The van der Waals surface area contributed by atoms with Crippen molar-refractivity contribution in [1.29, 1.82) is 0 Å². The Morgan fingerprint density at radius 2 is 1.87 bits per heavy atom. The van der Waals surface area contributed by atoms with Crippen LogP contribution in [0.15, 0.2) is 60.8 Å². The second-order valence-electron chi connectivity index (χ2n) is 8.08. The van der Waals surface area contributed by atoms with Crippen molar-refractivity contribution in [3.8, 4) is 17.0 Å². The van der Waals surface area contributed by atoms with E-state index in [1.165, 1.54) is 11.1 Å². The Hall–Kier alpha value is -2.67. The first kappa shape index (κ1) is 21.6. The second kappa shape index (κ2) is 10.6. The van der Waals surface area contributed by atoms with Gasteiger partial charge >= 0.3 is 0 Å². The van der Waals surface area contributed by atoms with E-state index in [1.54, 1.807) is 0 Å². The summed E-state index contributed by atoms with van der Waals surface area (Å²) in [5.74, 6) is 0.914. The fourth-order valence-corrected chi connectivity index (χ4v) is 4.35. The highest BCUT2D eigenvalue weighted by molar-refractivity contribution is 5.62. The number of benzene rings is 2. The summed E-state index contributed by atoms with van der Waals surface area (Å²) >= 11 is 0. The lowest BCUT2D eigenvalue weighted by molar-refractivity contribution is 0.0500. The molecule has 31 heavy (non-hydrogen) atoms. The van der Waals surface area contributed by atoms with Crippen molar-refractivity contribution in [2.75, 3.05) is 32.8 Å². The lowest BCUT2D eigenvalue weighted by atomic mass is 10.0. The molecule has 4 rings (SSSR count). The van der Waals surface area contributed by atoms with E-state index >= 15 is 0 Å². The Bertz CT molecular complexity index is 926. The van der Waals surface area contributed by atoms with Crippen LogP contribution >= 0.6 is 0 Å². The molecule has 2 heterocycles. The maximum Gasteiger partial charge on any atom is 0.119 e. The van der Waals surface area contributed by atoms with Gasteiger partial charge in [0.25, 0.3) is 0 Å². The Morgan fingerprint density at radius 1 is 1.06 bits per heavy atom. The molecule has 6 heteroatoms. The predicted molar refractivity (Wildman–Crippen MR) is 123 cm³/mol. The molecule has 3 aromatic rings. The minimum Gasteiger partial charge on any atom is -0.494 e.